The van der Waals surface area contributed by atoms with Crippen LogP contribution in [-0.2, 0) is 0 Å². The summed E-state index contributed by atoms with van der Waals surface area (Å²) >= 11 is 0. The van der Waals surface area contributed by atoms with Gasteiger partial charge in [0.05, 0.1) is 20.3 Å². The molecule has 1 atom stereocenters. The van der Waals surface area contributed by atoms with Gasteiger partial charge in [0.2, 0.25) is 0 Å². The van der Waals surface area contributed by atoms with Crippen LogP contribution in [0.1, 0.15) is 17.2 Å². The van der Waals surface area contributed by atoms with Gasteiger partial charge in [0, 0.05) is 17.7 Å². The van der Waals surface area contributed by atoms with Crippen molar-refractivity contribution in [3.8, 4) is 11.5 Å². The normalized spacial score (nSPS) is 12.1. The standard InChI is InChI=1S/C15H15F2NO2/c1-19-10-5-3-4-9(6-10)15(18)14-12(16)7-11(20-2)8-13(14)17/h3-8,15H,18H2,1-2H3. The van der Waals surface area contributed by atoms with Crippen LogP contribution in [0.5, 0.6) is 11.5 Å². The Morgan fingerprint density at radius 2 is 1.55 bits per heavy atom. The highest BCUT2D eigenvalue weighted by atomic mass is 19.1. The Hall–Kier alpha value is -2.14. The topological polar surface area (TPSA) is 44.5 Å². The van der Waals surface area contributed by atoms with E-state index in [1.165, 1.54) is 14.2 Å². The van der Waals surface area contributed by atoms with E-state index in [1.807, 2.05) is 0 Å². The molecule has 3 nitrogen and oxygen atoms in total. The number of hydrogen-bond acceptors (Lipinski definition) is 3. The third-order valence-electron chi connectivity index (χ3n) is 3.05. The first-order valence-electron chi connectivity index (χ1n) is 5.99. The van der Waals surface area contributed by atoms with Crippen molar-refractivity contribution in [2.75, 3.05) is 14.2 Å². The van der Waals surface area contributed by atoms with E-state index < -0.39 is 17.7 Å². The minimum atomic E-state index is -0.920. The molecule has 0 aliphatic rings. The molecule has 106 valence electrons. The average molecular weight is 279 g/mol. The van der Waals surface area contributed by atoms with Crippen molar-refractivity contribution in [3.63, 3.8) is 0 Å². The molecule has 2 aromatic rings. The van der Waals surface area contributed by atoms with Crippen LogP contribution in [0.15, 0.2) is 36.4 Å². The van der Waals surface area contributed by atoms with Gasteiger partial charge in [-0.2, -0.15) is 0 Å². The lowest BCUT2D eigenvalue weighted by atomic mass is 9.98. The largest absolute Gasteiger partial charge is 0.497 e. The molecule has 2 aromatic carbocycles. The maximum Gasteiger partial charge on any atom is 0.134 e. The number of benzene rings is 2. The first-order chi connectivity index (χ1) is 9.56. The predicted octanol–water partition coefficient (Wildman–Crippen LogP) is 3.03. The number of halogens is 2. The van der Waals surface area contributed by atoms with Gasteiger partial charge >= 0.3 is 0 Å². The molecule has 20 heavy (non-hydrogen) atoms. The van der Waals surface area contributed by atoms with Gasteiger partial charge in [0.1, 0.15) is 23.1 Å². The fourth-order valence-electron chi connectivity index (χ4n) is 1.98. The maximum absolute atomic E-state index is 14.0. The van der Waals surface area contributed by atoms with Crippen molar-refractivity contribution >= 4 is 0 Å². The summed E-state index contributed by atoms with van der Waals surface area (Å²) in [5.41, 5.74) is 6.32. The number of nitrogens with two attached hydrogens (primary N) is 1. The van der Waals surface area contributed by atoms with Gasteiger partial charge in [0.15, 0.2) is 0 Å². The van der Waals surface area contributed by atoms with Gasteiger partial charge in [-0.05, 0) is 17.7 Å². The van der Waals surface area contributed by atoms with Crippen LogP contribution < -0.4 is 15.2 Å². The summed E-state index contributed by atoms with van der Waals surface area (Å²) in [6.45, 7) is 0. The Bertz CT molecular complexity index is 594. The van der Waals surface area contributed by atoms with Crippen molar-refractivity contribution in [1.29, 1.82) is 0 Å². The minimum Gasteiger partial charge on any atom is -0.497 e. The second-order valence-electron chi connectivity index (χ2n) is 4.26. The zero-order chi connectivity index (χ0) is 14.7. The van der Waals surface area contributed by atoms with Crippen LogP contribution in [0.4, 0.5) is 8.78 Å². The molecule has 5 heteroatoms. The number of methoxy groups -OCH3 is 2. The van der Waals surface area contributed by atoms with E-state index in [4.69, 9.17) is 15.2 Å². The van der Waals surface area contributed by atoms with Gasteiger partial charge < -0.3 is 15.2 Å². The molecular weight excluding hydrogens is 264 g/mol. The highest BCUT2D eigenvalue weighted by Gasteiger charge is 2.20. The van der Waals surface area contributed by atoms with Crippen LogP contribution in [0.2, 0.25) is 0 Å². The molecule has 0 saturated carbocycles. The Balaban J connectivity index is 2.44. The highest BCUT2D eigenvalue weighted by Crippen LogP contribution is 2.29. The molecule has 2 N–H and O–H groups in total. The van der Waals surface area contributed by atoms with E-state index in [0.29, 0.717) is 11.3 Å². The fourth-order valence-corrected chi connectivity index (χ4v) is 1.98. The summed E-state index contributed by atoms with van der Waals surface area (Å²) in [6, 6.07) is 8.08. The van der Waals surface area contributed by atoms with Gasteiger partial charge in [-0.25, -0.2) is 8.78 Å². The van der Waals surface area contributed by atoms with Gasteiger partial charge in [0.25, 0.3) is 0 Å². The number of ether oxygens (including phenoxy) is 2. The van der Waals surface area contributed by atoms with E-state index in [-0.39, 0.29) is 11.3 Å². The SMILES string of the molecule is COc1cccc(C(N)c2c(F)cc(OC)cc2F)c1. The average Bonchev–Trinajstić information content (AvgIpc) is 2.46. The minimum absolute atomic E-state index is 0.113. The number of rotatable bonds is 4. The van der Waals surface area contributed by atoms with E-state index in [2.05, 4.69) is 0 Å². The maximum atomic E-state index is 14.0. The van der Waals surface area contributed by atoms with Crippen LogP contribution >= 0.6 is 0 Å². The molecule has 0 amide bonds. The third-order valence-corrected chi connectivity index (χ3v) is 3.05. The van der Waals surface area contributed by atoms with E-state index in [0.717, 1.165) is 12.1 Å². The quantitative estimate of drug-likeness (QED) is 0.935. The predicted molar refractivity (Wildman–Crippen MR) is 71.9 cm³/mol. The molecule has 0 bridgehead atoms. The summed E-state index contributed by atoms with van der Waals surface area (Å²) in [4.78, 5) is 0. The molecule has 2 rings (SSSR count). The van der Waals surface area contributed by atoms with E-state index >= 15 is 0 Å². The lowest BCUT2D eigenvalue weighted by molar-refractivity contribution is 0.404. The second-order valence-corrected chi connectivity index (χ2v) is 4.26. The summed E-state index contributed by atoms with van der Waals surface area (Å²) < 4.78 is 37.9. The Morgan fingerprint density at radius 3 is 2.10 bits per heavy atom. The second kappa shape index (κ2) is 5.88. The zero-order valence-electron chi connectivity index (χ0n) is 11.2. The van der Waals surface area contributed by atoms with Crippen molar-refractivity contribution in [1.82, 2.24) is 0 Å². The first-order valence-corrected chi connectivity index (χ1v) is 5.99. The summed E-state index contributed by atoms with van der Waals surface area (Å²) in [7, 11) is 2.86. The van der Waals surface area contributed by atoms with Crippen molar-refractivity contribution in [3.05, 3.63) is 59.2 Å². The molecule has 0 saturated heterocycles. The lowest BCUT2D eigenvalue weighted by Gasteiger charge is -2.16. The molecule has 1 unspecified atom stereocenters. The molecule has 0 radical (unpaired) electrons. The van der Waals surface area contributed by atoms with Crippen LogP contribution in [0, 0.1) is 11.6 Å². The van der Waals surface area contributed by atoms with E-state index in [1.54, 1.807) is 24.3 Å². The highest BCUT2D eigenvalue weighted by molar-refractivity contribution is 5.40. The number of hydrogen-bond donors (Lipinski definition) is 1. The molecule has 0 spiro atoms. The fraction of sp³-hybridized carbons (Fsp3) is 0.200. The Kier molecular flexibility index (Phi) is 4.20. The Morgan fingerprint density at radius 1 is 0.950 bits per heavy atom. The lowest BCUT2D eigenvalue weighted by Crippen LogP contribution is -2.16. The molecule has 0 heterocycles. The summed E-state index contributed by atoms with van der Waals surface area (Å²) in [5.74, 6) is -0.789. The van der Waals surface area contributed by atoms with Gasteiger partial charge in [-0.3, -0.25) is 0 Å². The van der Waals surface area contributed by atoms with Crippen LogP contribution in [0.3, 0.4) is 0 Å². The van der Waals surface area contributed by atoms with Crippen LogP contribution in [0.25, 0.3) is 0 Å². The third kappa shape index (κ3) is 2.72. The summed E-state index contributed by atoms with van der Waals surface area (Å²) in [6.07, 6.45) is 0. The van der Waals surface area contributed by atoms with Crippen molar-refractivity contribution in [2.45, 2.75) is 6.04 Å². The molecule has 0 fully saturated rings. The molecular formula is C15H15F2NO2. The molecule has 0 aliphatic carbocycles. The monoisotopic (exact) mass is 279 g/mol. The van der Waals surface area contributed by atoms with Crippen LogP contribution in [-0.4, -0.2) is 14.2 Å². The van der Waals surface area contributed by atoms with Crippen molar-refractivity contribution in [2.24, 2.45) is 5.73 Å². The van der Waals surface area contributed by atoms with Gasteiger partial charge in [-0.1, -0.05) is 12.1 Å². The summed E-state index contributed by atoms with van der Waals surface area (Å²) in [5, 5.41) is 0. The smallest absolute Gasteiger partial charge is 0.134 e. The van der Waals surface area contributed by atoms with Gasteiger partial charge in [-0.15, -0.1) is 0 Å². The Labute approximate surface area is 115 Å². The van der Waals surface area contributed by atoms with E-state index in [9.17, 15) is 8.78 Å². The van der Waals surface area contributed by atoms with Crippen molar-refractivity contribution < 1.29 is 18.3 Å². The molecule has 0 aromatic heterocycles. The molecule has 0 aliphatic heterocycles. The first kappa shape index (κ1) is 14.3. The zero-order valence-corrected chi connectivity index (χ0v) is 11.2.